The van der Waals surface area contributed by atoms with Crippen molar-refractivity contribution in [1.82, 2.24) is 0 Å². The Balaban J connectivity index is 2.05. The van der Waals surface area contributed by atoms with E-state index in [1.165, 1.54) is 6.08 Å². The van der Waals surface area contributed by atoms with Crippen LogP contribution in [0, 0.1) is 11.3 Å². The van der Waals surface area contributed by atoms with Gasteiger partial charge in [0.25, 0.3) is 0 Å². The van der Waals surface area contributed by atoms with E-state index in [2.05, 4.69) is 46.9 Å². The van der Waals surface area contributed by atoms with Crippen LogP contribution in [0.3, 0.4) is 0 Å². The molecule has 0 aromatic heterocycles. The van der Waals surface area contributed by atoms with E-state index in [4.69, 9.17) is 4.43 Å². The molecule has 24 heavy (non-hydrogen) atoms. The van der Waals surface area contributed by atoms with Crippen LogP contribution in [0.5, 0.6) is 0 Å². The number of rotatable bonds is 2. The van der Waals surface area contributed by atoms with Crippen LogP contribution in [-0.2, 0) is 14.0 Å². The number of hydrogen-bond acceptors (Lipinski definition) is 3. The van der Waals surface area contributed by atoms with Gasteiger partial charge < -0.3 is 4.43 Å². The van der Waals surface area contributed by atoms with Gasteiger partial charge in [0.1, 0.15) is 0 Å². The second-order valence-electron chi connectivity index (χ2n) is 9.18. The van der Waals surface area contributed by atoms with E-state index in [-0.39, 0.29) is 22.5 Å². The number of ketones is 2. The summed E-state index contributed by atoms with van der Waals surface area (Å²) in [4.78, 5) is 25.4. The first-order valence-corrected chi connectivity index (χ1v) is 11.7. The topological polar surface area (TPSA) is 43.4 Å². The maximum atomic E-state index is 12.7. The van der Waals surface area contributed by atoms with Gasteiger partial charge in [0, 0.05) is 22.6 Å². The Morgan fingerprint density at radius 2 is 1.88 bits per heavy atom. The number of allylic oxidation sites excluding steroid dienone is 5. The largest absolute Gasteiger partial charge is 0.546 e. The van der Waals surface area contributed by atoms with Crippen LogP contribution in [0.2, 0.25) is 18.1 Å². The zero-order chi connectivity index (χ0) is 18.1. The van der Waals surface area contributed by atoms with Crippen LogP contribution in [0.1, 0.15) is 47.5 Å². The van der Waals surface area contributed by atoms with Crippen LogP contribution in [0.25, 0.3) is 0 Å². The lowest BCUT2D eigenvalue weighted by Gasteiger charge is -2.50. The lowest BCUT2D eigenvalue weighted by Crippen LogP contribution is -2.47. The second-order valence-corrected chi connectivity index (χ2v) is 13.9. The molecule has 0 amide bonds. The van der Waals surface area contributed by atoms with E-state index < -0.39 is 13.7 Å². The van der Waals surface area contributed by atoms with Crippen molar-refractivity contribution >= 4 is 19.9 Å². The number of carbonyl (C=O) groups excluding carboxylic acids is 2. The summed E-state index contributed by atoms with van der Waals surface area (Å²) in [7, 11) is -1.99. The van der Waals surface area contributed by atoms with Crippen LogP contribution in [0.15, 0.2) is 34.6 Å². The summed E-state index contributed by atoms with van der Waals surface area (Å²) in [5.74, 6) is 1.00. The third-order valence-electron chi connectivity index (χ3n) is 6.41. The zero-order valence-corrected chi connectivity index (χ0v) is 16.9. The minimum absolute atomic E-state index is 0.00117. The molecule has 0 aliphatic heterocycles. The van der Waals surface area contributed by atoms with Gasteiger partial charge in [0.15, 0.2) is 11.6 Å². The molecular formula is C20H28O3Si. The molecule has 2 atom stereocenters. The summed E-state index contributed by atoms with van der Waals surface area (Å²) in [6.07, 6.45) is 5.44. The average molecular weight is 345 g/mol. The molecule has 4 heteroatoms. The van der Waals surface area contributed by atoms with Crippen LogP contribution in [-0.4, -0.2) is 19.9 Å². The highest BCUT2D eigenvalue weighted by molar-refractivity contribution is 6.74. The fourth-order valence-corrected chi connectivity index (χ4v) is 4.93. The normalized spacial score (nSPS) is 30.2. The highest BCUT2D eigenvalue weighted by atomic mass is 28.4. The maximum Gasteiger partial charge on any atom is 0.250 e. The van der Waals surface area contributed by atoms with E-state index in [1.54, 1.807) is 6.92 Å². The lowest BCUT2D eigenvalue weighted by atomic mass is 9.58. The van der Waals surface area contributed by atoms with Gasteiger partial charge in [-0.05, 0) is 57.0 Å². The fourth-order valence-electron chi connectivity index (χ4n) is 3.78. The molecule has 4 aliphatic rings. The van der Waals surface area contributed by atoms with E-state index in [0.29, 0.717) is 11.1 Å². The van der Waals surface area contributed by atoms with E-state index in [9.17, 15) is 9.59 Å². The molecule has 0 aromatic carbocycles. The molecule has 0 spiro atoms. The van der Waals surface area contributed by atoms with Gasteiger partial charge in [0.2, 0.25) is 8.32 Å². The van der Waals surface area contributed by atoms with Crippen molar-refractivity contribution in [2.24, 2.45) is 11.3 Å². The fraction of sp³-hybridized carbons (Fsp3) is 0.600. The van der Waals surface area contributed by atoms with E-state index in [0.717, 1.165) is 24.2 Å². The molecule has 3 nitrogen and oxygen atoms in total. The summed E-state index contributed by atoms with van der Waals surface area (Å²) in [5.41, 5.74) is 1.54. The quantitative estimate of drug-likeness (QED) is 0.538. The van der Waals surface area contributed by atoms with Crippen molar-refractivity contribution < 1.29 is 14.0 Å². The van der Waals surface area contributed by atoms with Crippen LogP contribution < -0.4 is 0 Å². The Bertz CT molecular complexity index is 730. The van der Waals surface area contributed by atoms with Gasteiger partial charge in [0.05, 0.1) is 11.2 Å². The van der Waals surface area contributed by atoms with E-state index >= 15 is 0 Å². The molecule has 0 heterocycles. The standard InChI is InChI=1S/C20H28O3Si/c1-12-10-14(21)17-16(18(12)22)13-8-9-20(17,5)15(11-13)23-24(6,7)19(2,3)4/h10-11,13H,8-9H2,1-7H3/t13-,20+/m0/s1. The second kappa shape index (κ2) is 5.04. The first-order chi connectivity index (χ1) is 10.9. The smallest absolute Gasteiger partial charge is 0.250 e. The average Bonchev–Trinajstić information content (AvgIpc) is 2.43. The Kier molecular flexibility index (Phi) is 3.65. The molecule has 0 radical (unpaired) electrons. The maximum absolute atomic E-state index is 12.7. The van der Waals surface area contributed by atoms with Gasteiger partial charge in [-0.3, -0.25) is 9.59 Å². The molecule has 0 saturated carbocycles. The monoisotopic (exact) mass is 344 g/mol. The van der Waals surface area contributed by atoms with Gasteiger partial charge in [-0.1, -0.05) is 20.8 Å². The minimum atomic E-state index is -1.99. The highest BCUT2D eigenvalue weighted by Gasteiger charge is 2.53. The number of hydrogen-bond donors (Lipinski definition) is 0. The molecule has 4 rings (SSSR count). The summed E-state index contributed by atoms with van der Waals surface area (Å²) < 4.78 is 6.62. The molecule has 0 aromatic rings. The molecule has 0 fully saturated rings. The SMILES string of the molecule is CC1=CC(=O)C2=C(C1=O)[C@@H]1C=C(O[Si](C)(C)C(C)(C)C)[C@@]2(C)CC1. The molecule has 0 saturated heterocycles. The Morgan fingerprint density at radius 3 is 2.46 bits per heavy atom. The zero-order valence-electron chi connectivity index (χ0n) is 15.9. The Hall–Kier alpha value is -1.42. The van der Waals surface area contributed by atoms with Crippen LogP contribution >= 0.6 is 0 Å². The summed E-state index contributed by atoms with van der Waals surface area (Å²) in [6.45, 7) is 14.9. The predicted octanol–water partition coefficient (Wildman–Crippen LogP) is 4.72. The summed E-state index contributed by atoms with van der Waals surface area (Å²) in [5, 5.41) is 0.0982. The van der Waals surface area contributed by atoms with Gasteiger partial charge in [-0.15, -0.1) is 0 Å². The molecule has 2 bridgehead atoms. The molecule has 130 valence electrons. The molecule has 0 N–H and O–H groups in total. The Labute approximate surface area is 146 Å². The minimum Gasteiger partial charge on any atom is -0.546 e. The third-order valence-corrected chi connectivity index (χ3v) is 10.8. The molecule has 4 aliphatic carbocycles. The number of Topliss-reactive ketones (excluding diaryl/α,β-unsaturated/α-hetero) is 1. The van der Waals surface area contributed by atoms with E-state index in [1.807, 2.05) is 0 Å². The van der Waals surface area contributed by atoms with Gasteiger partial charge in [-0.25, -0.2) is 0 Å². The van der Waals surface area contributed by atoms with Crippen molar-refractivity contribution in [3.63, 3.8) is 0 Å². The number of carbonyl (C=O) groups is 2. The third kappa shape index (κ3) is 2.30. The van der Waals surface area contributed by atoms with Gasteiger partial charge >= 0.3 is 0 Å². The Morgan fingerprint density at radius 1 is 1.25 bits per heavy atom. The van der Waals surface area contributed by atoms with Crippen LogP contribution in [0.4, 0.5) is 0 Å². The molecular weight excluding hydrogens is 316 g/mol. The first kappa shape index (κ1) is 17.4. The van der Waals surface area contributed by atoms with Crippen molar-refractivity contribution in [3.8, 4) is 0 Å². The predicted molar refractivity (Wildman–Crippen MR) is 98.0 cm³/mol. The summed E-state index contributed by atoms with van der Waals surface area (Å²) >= 11 is 0. The summed E-state index contributed by atoms with van der Waals surface area (Å²) in [6, 6.07) is 0. The van der Waals surface area contributed by atoms with Gasteiger partial charge in [-0.2, -0.15) is 0 Å². The van der Waals surface area contributed by atoms with Crippen molar-refractivity contribution in [2.75, 3.05) is 0 Å². The lowest BCUT2D eigenvalue weighted by molar-refractivity contribution is -0.117. The first-order valence-electron chi connectivity index (χ1n) is 8.82. The van der Waals surface area contributed by atoms with Crippen molar-refractivity contribution in [2.45, 2.75) is 65.6 Å². The number of fused-ring (bicyclic) bond motifs is 1. The van der Waals surface area contributed by atoms with Crippen molar-refractivity contribution in [1.29, 1.82) is 0 Å². The highest BCUT2D eigenvalue weighted by Crippen LogP contribution is 2.57. The molecule has 0 unspecified atom stereocenters. The van der Waals surface area contributed by atoms with Crippen molar-refractivity contribution in [3.05, 3.63) is 34.6 Å².